The number of carbonyl (C=O) groups excluding carboxylic acids is 2. The molecule has 0 unspecified atom stereocenters. The summed E-state index contributed by atoms with van der Waals surface area (Å²) in [5.74, 6) is -0.0413. The van der Waals surface area contributed by atoms with Gasteiger partial charge < -0.3 is 15.1 Å². The van der Waals surface area contributed by atoms with Gasteiger partial charge in [-0.3, -0.25) is 9.59 Å². The van der Waals surface area contributed by atoms with E-state index in [2.05, 4.69) is 11.4 Å². The number of anilines is 1. The molecule has 2 aromatic rings. The van der Waals surface area contributed by atoms with Crippen molar-refractivity contribution < 1.29 is 14.5 Å². The fourth-order valence-electron chi connectivity index (χ4n) is 3.06. The molecule has 0 atom stereocenters. The van der Waals surface area contributed by atoms with E-state index in [1.165, 1.54) is 0 Å². The lowest BCUT2D eigenvalue weighted by Gasteiger charge is -2.32. The van der Waals surface area contributed by atoms with E-state index in [1.54, 1.807) is 24.3 Å². The molecule has 1 aliphatic rings. The molecule has 0 saturated carbocycles. The topological polar surface area (TPSA) is 77.6 Å². The maximum absolute atomic E-state index is 12.4. The minimum Gasteiger partial charge on any atom is -0.327 e. The molecule has 0 aromatic heterocycles. The zero-order chi connectivity index (χ0) is 18.4. The van der Waals surface area contributed by atoms with Crippen LogP contribution in [0.3, 0.4) is 0 Å². The third-order valence-corrected chi connectivity index (χ3v) is 4.46. The van der Waals surface area contributed by atoms with E-state index >= 15 is 0 Å². The van der Waals surface area contributed by atoms with Crippen LogP contribution < -0.4 is 10.2 Å². The van der Waals surface area contributed by atoms with Gasteiger partial charge in [-0.25, -0.2) is 0 Å². The van der Waals surface area contributed by atoms with Gasteiger partial charge in [0.05, 0.1) is 37.8 Å². The normalized spacial score (nSPS) is 14.5. The predicted molar refractivity (Wildman–Crippen MR) is 97.7 cm³/mol. The Morgan fingerprint density at radius 1 is 1.08 bits per heavy atom. The summed E-state index contributed by atoms with van der Waals surface area (Å²) < 4.78 is 0. The quantitative estimate of drug-likeness (QED) is 0.846. The zero-order valence-electron chi connectivity index (χ0n) is 14.4. The van der Waals surface area contributed by atoms with Gasteiger partial charge in [-0.1, -0.05) is 24.3 Å². The number of hydrogen-bond donors (Lipinski definition) is 2. The first-order valence-corrected chi connectivity index (χ1v) is 8.63. The Morgan fingerprint density at radius 2 is 1.81 bits per heavy atom. The van der Waals surface area contributed by atoms with Gasteiger partial charge in [0, 0.05) is 11.3 Å². The summed E-state index contributed by atoms with van der Waals surface area (Å²) in [5.41, 5.74) is 1.85. The number of quaternary nitrogens is 1. The van der Waals surface area contributed by atoms with Crippen LogP contribution in [0.15, 0.2) is 54.6 Å². The van der Waals surface area contributed by atoms with Crippen molar-refractivity contribution in [1.82, 2.24) is 4.90 Å². The molecule has 1 saturated heterocycles. The number of rotatable bonds is 4. The summed E-state index contributed by atoms with van der Waals surface area (Å²) in [6.45, 7) is 3.11. The van der Waals surface area contributed by atoms with E-state index in [9.17, 15) is 9.59 Å². The number of carbonyl (C=O) groups is 2. The predicted octanol–water partition coefficient (Wildman–Crippen LogP) is 0.538. The Kier molecular flexibility index (Phi) is 5.62. The summed E-state index contributed by atoms with van der Waals surface area (Å²) in [6.07, 6.45) is 0. The maximum Gasteiger partial charge on any atom is 0.279 e. The third kappa shape index (κ3) is 4.47. The van der Waals surface area contributed by atoms with E-state index in [1.807, 2.05) is 35.2 Å². The first-order chi connectivity index (χ1) is 12.7. The van der Waals surface area contributed by atoms with E-state index in [-0.39, 0.29) is 11.8 Å². The minimum absolute atomic E-state index is 0.0439. The van der Waals surface area contributed by atoms with Crippen LogP contribution in [-0.2, 0) is 4.79 Å². The van der Waals surface area contributed by atoms with Crippen LogP contribution in [0.1, 0.15) is 15.9 Å². The van der Waals surface area contributed by atoms with Gasteiger partial charge in [-0.05, 0) is 30.3 Å². The number of nitrogens with zero attached hydrogens (tertiary/aromatic N) is 2. The minimum atomic E-state index is -0.0853. The van der Waals surface area contributed by atoms with Gasteiger partial charge >= 0.3 is 0 Å². The van der Waals surface area contributed by atoms with Crippen molar-refractivity contribution in [3.8, 4) is 6.07 Å². The lowest BCUT2D eigenvalue weighted by molar-refractivity contribution is -0.895. The second-order valence-corrected chi connectivity index (χ2v) is 6.33. The smallest absolute Gasteiger partial charge is 0.279 e. The Bertz CT molecular complexity index is 821. The van der Waals surface area contributed by atoms with Crippen molar-refractivity contribution >= 4 is 17.5 Å². The molecule has 0 spiro atoms. The monoisotopic (exact) mass is 349 g/mol. The molecule has 1 aliphatic heterocycles. The van der Waals surface area contributed by atoms with Crippen LogP contribution >= 0.6 is 0 Å². The molecule has 2 N–H and O–H groups in total. The SMILES string of the molecule is N#Cc1cccc(NC(=O)C[NH+]2CCN(C(=O)c3ccccc3)CC2)c1. The van der Waals surface area contributed by atoms with Crippen molar-refractivity contribution in [3.63, 3.8) is 0 Å². The Morgan fingerprint density at radius 3 is 2.50 bits per heavy atom. The lowest BCUT2D eigenvalue weighted by atomic mass is 10.2. The number of piperazine rings is 1. The summed E-state index contributed by atoms with van der Waals surface area (Å²) >= 11 is 0. The summed E-state index contributed by atoms with van der Waals surface area (Å²) in [7, 11) is 0. The van der Waals surface area contributed by atoms with Crippen LogP contribution in [0.2, 0.25) is 0 Å². The lowest BCUT2D eigenvalue weighted by Crippen LogP contribution is -3.15. The third-order valence-electron chi connectivity index (χ3n) is 4.46. The van der Waals surface area contributed by atoms with Gasteiger partial charge in [-0.2, -0.15) is 5.26 Å². The standard InChI is InChI=1S/C20H20N4O2/c21-14-16-5-4-8-18(13-16)22-19(25)15-23-9-11-24(12-10-23)20(26)17-6-2-1-3-7-17/h1-8,13H,9-12,15H2,(H,22,25)/p+1. The number of nitrogens with one attached hydrogen (secondary N) is 2. The van der Waals surface area contributed by atoms with E-state index < -0.39 is 0 Å². The second kappa shape index (κ2) is 8.28. The first kappa shape index (κ1) is 17.6. The van der Waals surface area contributed by atoms with E-state index in [4.69, 9.17) is 5.26 Å². The highest BCUT2D eigenvalue weighted by Crippen LogP contribution is 2.09. The van der Waals surface area contributed by atoms with Crippen LogP contribution in [0.25, 0.3) is 0 Å². The molecule has 0 aliphatic carbocycles. The zero-order valence-corrected chi connectivity index (χ0v) is 14.4. The van der Waals surface area contributed by atoms with E-state index in [0.717, 1.165) is 18.0 Å². The van der Waals surface area contributed by atoms with Gasteiger partial charge in [0.2, 0.25) is 0 Å². The number of hydrogen-bond acceptors (Lipinski definition) is 3. The second-order valence-electron chi connectivity index (χ2n) is 6.33. The first-order valence-electron chi connectivity index (χ1n) is 8.63. The average Bonchev–Trinajstić information content (AvgIpc) is 2.69. The molecule has 2 amide bonds. The summed E-state index contributed by atoms with van der Waals surface area (Å²) in [6, 6.07) is 18.2. The van der Waals surface area contributed by atoms with Gasteiger partial charge in [-0.15, -0.1) is 0 Å². The molecule has 1 fully saturated rings. The van der Waals surface area contributed by atoms with Crippen molar-refractivity contribution in [2.45, 2.75) is 0 Å². The molecular formula is C20H21N4O2+. The molecule has 26 heavy (non-hydrogen) atoms. The molecule has 6 nitrogen and oxygen atoms in total. The molecule has 2 aromatic carbocycles. The van der Waals surface area contributed by atoms with Gasteiger partial charge in [0.1, 0.15) is 0 Å². The maximum atomic E-state index is 12.4. The summed E-state index contributed by atoms with van der Waals surface area (Å²) in [5, 5.41) is 11.7. The average molecular weight is 349 g/mol. The van der Waals surface area contributed by atoms with Crippen LogP contribution in [-0.4, -0.2) is 49.4 Å². The molecule has 3 rings (SSSR count). The fraction of sp³-hybridized carbons (Fsp3) is 0.250. The molecule has 1 heterocycles. The van der Waals surface area contributed by atoms with Crippen molar-refractivity contribution in [1.29, 1.82) is 5.26 Å². The van der Waals surface area contributed by atoms with Crippen LogP contribution in [0.5, 0.6) is 0 Å². The van der Waals surface area contributed by atoms with Gasteiger partial charge in [0.25, 0.3) is 11.8 Å². The van der Waals surface area contributed by atoms with Crippen molar-refractivity contribution in [3.05, 3.63) is 65.7 Å². The van der Waals surface area contributed by atoms with Gasteiger partial charge in [0.15, 0.2) is 6.54 Å². The number of benzene rings is 2. The highest BCUT2D eigenvalue weighted by molar-refractivity contribution is 5.94. The van der Waals surface area contributed by atoms with Crippen molar-refractivity contribution in [2.24, 2.45) is 0 Å². The Balaban J connectivity index is 1.48. The van der Waals surface area contributed by atoms with Crippen LogP contribution in [0.4, 0.5) is 5.69 Å². The highest BCUT2D eigenvalue weighted by atomic mass is 16.2. The molecular weight excluding hydrogens is 328 g/mol. The molecule has 132 valence electrons. The summed E-state index contributed by atoms with van der Waals surface area (Å²) in [4.78, 5) is 27.7. The Labute approximate surface area is 152 Å². The molecule has 0 radical (unpaired) electrons. The number of amides is 2. The number of nitriles is 1. The van der Waals surface area contributed by atoms with Crippen molar-refractivity contribution in [2.75, 3.05) is 38.0 Å². The van der Waals surface area contributed by atoms with E-state index in [0.29, 0.717) is 36.4 Å². The largest absolute Gasteiger partial charge is 0.327 e. The molecule has 6 heteroatoms. The Hall–Kier alpha value is -3.17. The fourth-order valence-corrected chi connectivity index (χ4v) is 3.06. The molecule has 0 bridgehead atoms. The highest BCUT2D eigenvalue weighted by Gasteiger charge is 2.25. The van der Waals surface area contributed by atoms with Crippen LogP contribution in [0, 0.1) is 11.3 Å².